The number of carbonyl (C=O) groups is 1. The Kier molecular flexibility index (Phi) is 4.48. The maximum Gasteiger partial charge on any atom is 0.221 e. The Bertz CT molecular complexity index is 753. The van der Waals surface area contributed by atoms with Gasteiger partial charge in [0.25, 0.3) is 0 Å². The number of imidazole rings is 1. The van der Waals surface area contributed by atoms with E-state index < -0.39 is 11.6 Å². The highest BCUT2D eigenvalue weighted by molar-refractivity contribution is 5.77. The van der Waals surface area contributed by atoms with Gasteiger partial charge in [-0.05, 0) is 11.6 Å². The molecule has 3 rings (SSSR count). The summed E-state index contributed by atoms with van der Waals surface area (Å²) in [6.45, 7) is 1.21. The Morgan fingerprint density at radius 3 is 2.71 bits per heavy atom. The van der Waals surface area contributed by atoms with E-state index in [1.807, 2.05) is 58.3 Å². The Morgan fingerprint density at radius 1 is 1.25 bits per heavy atom. The largest absolute Gasteiger partial charge is 0.369 e. The van der Waals surface area contributed by atoms with E-state index in [4.69, 9.17) is 5.73 Å². The average molecular weight is 324 g/mol. The fraction of sp³-hybridized carbons (Fsp3) is 0.222. The van der Waals surface area contributed by atoms with Crippen LogP contribution in [0.15, 0.2) is 73.0 Å². The van der Waals surface area contributed by atoms with Gasteiger partial charge in [-0.25, -0.2) is 4.98 Å². The predicted octanol–water partition coefficient (Wildman–Crippen LogP) is 1.36. The summed E-state index contributed by atoms with van der Waals surface area (Å²) in [5.74, 6) is -0.472. The number of allylic oxidation sites excluding steroid dienone is 2. The summed E-state index contributed by atoms with van der Waals surface area (Å²) in [5, 5.41) is 11.5. The third-order valence-electron chi connectivity index (χ3n) is 4.13. The van der Waals surface area contributed by atoms with E-state index >= 15 is 0 Å². The quantitative estimate of drug-likeness (QED) is 0.840. The van der Waals surface area contributed by atoms with Crippen molar-refractivity contribution in [3.05, 3.63) is 78.5 Å². The van der Waals surface area contributed by atoms with Crippen molar-refractivity contribution in [3.63, 3.8) is 0 Å². The van der Waals surface area contributed by atoms with Gasteiger partial charge in [-0.2, -0.15) is 0 Å². The van der Waals surface area contributed by atoms with Gasteiger partial charge in [-0.3, -0.25) is 4.79 Å². The molecule has 1 aromatic heterocycles. The molecule has 0 saturated heterocycles. The molecule has 24 heavy (non-hydrogen) atoms. The number of benzene rings is 1. The number of nitrogens with zero attached hydrogens (tertiary/aromatic N) is 3. The SMILES string of the molecule is NC(=O)CC1=CC=CN(CCn2ccnc2)C1(O)c1ccccc1. The Labute approximate surface area is 140 Å². The second-order valence-corrected chi connectivity index (χ2v) is 5.71. The van der Waals surface area contributed by atoms with Gasteiger partial charge in [0.2, 0.25) is 5.91 Å². The van der Waals surface area contributed by atoms with E-state index in [-0.39, 0.29) is 6.42 Å². The van der Waals surface area contributed by atoms with Crippen molar-refractivity contribution in [1.82, 2.24) is 14.5 Å². The summed E-state index contributed by atoms with van der Waals surface area (Å²) in [4.78, 5) is 17.3. The van der Waals surface area contributed by atoms with E-state index in [1.165, 1.54) is 0 Å². The Balaban J connectivity index is 1.92. The molecule has 1 atom stereocenters. The lowest BCUT2D eigenvalue weighted by Crippen LogP contribution is -2.47. The zero-order valence-electron chi connectivity index (χ0n) is 13.2. The first-order chi connectivity index (χ1) is 11.6. The lowest BCUT2D eigenvalue weighted by Gasteiger charge is -2.43. The molecule has 6 heteroatoms. The number of rotatable bonds is 6. The lowest BCUT2D eigenvalue weighted by molar-refractivity contribution is -0.119. The topological polar surface area (TPSA) is 84.4 Å². The Morgan fingerprint density at radius 2 is 2.04 bits per heavy atom. The van der Waals surface area contributed by atoms with Gasteiger partial charge < -0.3 is 20.3 Å². The number of primary amides is 1. The van der Waals surface area contributed by atoms with Crippen LogP contribution < -0.4 is 5.73 Å². The molecule has 1 unspecified atom stereocenters. The van der Waals surface area contributed by atoms with Gasteiger partial charge in [0.15, 0.2) is 5.72 Å². The molecule has 1 aromatic carbocycles. The van der Waals surface area contributed by atoms with Crippen molar-refractivity contribution in [2.24, 2.45) is 5.73 Å². The van der Waals surface area contributed by atoms with Crippen molar-refractivity contribution in [1.29, 1.82) is 0 Å². The maximum absolute atomic E-state index is 11.5. The predicted molar refractivity (Wildman–Crippen MR) is 90.3 cm³/mol. The van der Waals surface area contributed by atoms with Crippen LogP contribution in [-0.4, -0.2) is 32.0 Å². The smallest absolute Gasteiger partial charge is 0.221 e. The molecular weight excluding hydrogens is 304 g/mol. The van der Waals surface area contributed by atoms with Crippen molar-refractivity contribution in [2.45, 2.75) is 18.7 Å². The van der Waals surface area contributed by atoms with Crippen LogP contribution in [0, 0.1) is 0 Å². The van der Waals surface area contributed by atoms with Gasteiger partial charge in [-0.1, -0.05) is 36.4 Å². The summed E-state index contributed by atoms with van der Waals surface area (Å²) in [6, 6.07) is 9.30. The van der Waals surface area contributed by atoms with Gasteiger partial charge in [0.1, 0.15) is 0 Å². The number of nitrogens with two attached hydrogens (primary N) is 1. The van der Waals surface area contributed by atoms with Gasteiger partial charge in [0, 0.05) is 37.2 Å². The molecule has 1 aliphatic rings. The van der Waals surface area contributed by atoms with Crippen LogP contribution in [0.2, 0.25) is 0 Å². The highest BCUT2D eigenvalue weighted by atomic mass is 16.3. The van der Waals surface area contributed by atoms with Crippen LogP contribution in [0.3, 0.4) is 0 Å². The number of aromatic nitrogens is 2. The van der Waals surface area contributed by atoms with Crippen LogP contribution in [0.1, 0.15) is 12.0 Å². The van der Waals surface area contributed by atoms with Crippen LogP contribution in [0.4, 0.5) is 0 Å². The molecule has 0 saturated carbocycles. The molecule has 124 valence electrons. The van der Waals surface area contributed by atoms with E-state index in [2.05, 4.69) is 4.98 Å². The Hall–Kier alpha value is -2.86. The van der Waals surface area contributed by atoms with Crippen molar-refractivity contribution in [3.8, 4) is 0 Å². The highest BCUT2D eigenvalue weighted by Crippen LogP contribution is 2.37. The molecule has 1 amide bonds. The second kappa shape index (κ2) is 6.72. The molecular formula is C18H20N4O2. The first-order valence-electron chi connectivity index (χ1n) is 7.77. The maximum atomic E-state index is 11.5. The highest BCUT2D eigenvalue weighted by Gasteiger charge is 2.40. The van der Waals surface area contributed by atoms with Gasteiger partial charge >= 0.3 is 0 Å². The number of hydrogen-bond donors (Lipinski definition) is 2. The minimum atomic E-state index is -1.40. The van der Waals surface area contributed by atoms with Crippen LogP contribution >= 0.6 is 0 Å². The summed E-state index contributed by atoms with van der Waals surface area (Å²) in [6.07, 6.45) is 10.7. The lowest BCUT2D eigenvalue weighted by atomic mass is 9.88. The molecule has 3 N–H and O–H groups in total. The van der Waals surface area contributed by atoms with Crippen molar-refractivity contribution >= 4 is 5.91 Å². The summed E-state index contributed by atoms with van der Waals surface area (Å²) in [7, 11) is 0. The fourth-order valence-electron chi connectivity index (χ4n) is 2.94. The first-order valence-corrected chi connectivity index (χ1v) is 7.77. The fourth-order valence-corrected chi connectivity index (χ4v) is 2.94. The summed E-state index contributed by atoms with van der Waals surface area (Å²) >= 11 is 0. The molecule has 0 fully saturated rings. The minimum absolute atomic E-state index is 0.00267. The van der Waals surface area contributed by atoms with Crippen LogP contribution in [-0.2, 0) is 17.1 Å². The normalized spacial score (nSPS) is 20.0. The molecule has 2 heterocycles. The minimum Gasteiger partial charge on any atom is -0.369 e. The van der Waals surface area contributed by atoms with Gasteiger partial charge in [0.05, 0.1) is 12.7 Å². The summed E-state index contributed by atoms with van der Waals surface area (Å²) < 4.78 is 1.94. The van der Waals surface area contributed by atoms with E-state index in [0.717, 1.165) is 0 Å². The van der Waals surface area contributed by atoms with Crippen LogP contribution in [0.5, 0.6) is 0 Å². The molecule has 0 spiro atoms. The number of carbonyl (C=O) groups excluding carboxylic acids is 1. The number of amides is 1. The van der Waals surface area contributed by atoms with E-state index in [9.17, 15) is 9.90 Å². The number of aliphatic hydroxyl groups is 1. The second-order valence-electron chi connectivity index (χ2n) is 5.71. The van der Waals surface area contributed by atoms with E-state index in [0.29, 0.717) is 24.2 Å². The molecule has 6 nitrogen and oxygen atoms in total. The first kappa shape index (κ1) is 16.0. The van der Waals surface area contributed by atoms with Crippen molar-refractivity contribution in [2.75, 3.05) is 6.54 Å². The number of hydrogen-bond acceptors (Lipinski definition) is 4. The monoisotopic (exact) mass is 324 g/mol. The van der Waals surface area contributed by atoms with Crippen molar-refractivity contribution < 1.29 is 9.90 Å². The standard InChI is InChI=1S/C18H20N4O2/c19-17(23)13-16-7-4-9-22(12-11-21-10-8-20-14-21)18(16,24)15-5-2-1-3-6-15/h1-10,14,24H,11-13H2,(H2,19,23). The third kappa shape index (κ3) is 3.09. The van der Waals surface area contributed by atoms with E-state index in [1.54, 1.807) is 18.6 Å². The third-order valence-corrected chi connectivity index (χ3v) is 4.13. The zero-order chi connectivity index (χ0) is 17.0. The van der Waals surface area contributed by atoms with Crippen LogP contribution in [0.25, 0.3) is 0 Å². The molecule has 0 aliphatic carbocycles. The van der Waals surface area contributed by atoms with Gasteiger partial charge in [-0.15, -0.1) is 0 Å². The summed E-state index contributed by atoms with van der Waals surface area (Å²) in [5.41, 5.74) is 5.24. The molecule has 0 bridgehead atoms. The zero-order valence-corrected chi connectivity index (χ0v) is 13.2. The molecule has 0 radical (unpaired) electrons. The average Bonchev–Trinajstić information content (AvgIpc) is 3.09. The molecule has 1 aliphatic heterocycles. The molecule has 2 aromatic rings.